The normalized spacial score (nSPS) is 14.6. The van der Waals surface area contributed by atoms with E-state index < -0.39 is 187 Å². The SMILES string of the molecule is CC[C@@H](C)[C@@H](NC(=O)[C@@H](CCCNC(=N)N)NC(=O)CNC(=O)[C@@H](CC(C)C)NC(=O)[C@@H](Cc1ccccc1)NC(=O)[C@@H](CCCCN)NC(=O)[C@@H](CO)NC(=O)[C@@H](Cc1ccccc1)NC(=O)[C@@H](Cc1c[nH]c2ccccc12)NC(=O)[C@@H](CCC(N)=O)NC(=O)[C@H](NC(=O)[C@H](N)Cc1ccccc1)C(C)C)C(=O)N[C@H](CC(C)C)C(N)=O. The molecule has 4 aromatic carbocycles. The molecule has 0 aliphatic heterocycles. The van der Waals surface area contributed by atoms with Gasteiger partial charge in [0.05, 0.1) is 19.2 Å². The minimum Gasteiger partial charge on any atom is -0.394 e. The van der Waals surface area contributed by atoms with E-state index in [0.29, 0.717) is 40.4 Å². The van der Waals surface area contributed by atoms with E-state index in [0.717, 1.165) is 5.56 Å². The van der Waals surface area contributed by atoms with Gasteiger partial charge in [-0.05, 0) is 116 Å². The fourth-order valence-electron chi connectivity index (χ4n) is 13.0. The number of aromatic amines is 1. The third-order valence-electron chi connectivity index (χ3n) is 19.7. The van der Waals surface area contributed by atoms with Crippen molar-refractivity contribution in [3.8, 4) is 0 Å². The van der Waals surface area contributed by atoms with Crippen molar-refractivity contribution in [3.05, 3.63) is 144 Å². The monoisotopic (exact) mass is 1640 g/mol. The largest absolute Gasteiger partial charge is 0.394 e. The zero-order valence-corrected chi connectivity index (χ0v) is 68.6. The third kappa shape index (κ3) is 33.4. The zero-order valence-electron chi connectivity index (χ0n) is 68.6. The molecule has 5 aromatic rings. The molecule has 1 heterocycles. The predicted octanol–water partition coefficient (Wildman–Crippen LogP) is -0.856. The van der Waals surface area contributed by atoms with Crippen LogP contribution >= 0.6 is 0 Å². The van der Waals surface area contributed by atoms with Gasteiger partial charge in [-0.2, -0.15) is 0 Å². The maximum atomic E-state index is 15.1. The fourth-order valence-corrected chi connectivity index (χ4v) is 13.0. The first kappa shape index (κ1) is 96.7. The number of amides is 14. The number of hydrogen-bond acceptors (Lipinski definition) is 18. The number of benzene rings is 4. The molecule has 0 radical (unpaired) electrons. The maximum absolute atomic E-state index is 15.1. The topological polar surface area (TPSA) is 585 Å². The summed E-state index contributed by atoms with van der Waals surface area (Å²) < 4.78 is 0. The Bertz CT molecular complexity index is 4150. The van der Waals surface area contributed by atoms with Crippen molar-refractivity contribution >= 4 is 99.6 Å². The number of aromatic nitrogens is 1. The number of hydrogen-bond donors (Lipinski definition) is 21. The smallest absolute Gasteiger partial charge is 0.245 e. The highest BCUT2D eigenvalue weighted by atomic mass is 16.3. The summed E-state index contributed by atoms with van der Waals surface area (Å²) in [5, 5.41) is 53.7. The van der Waals surface area contributed by atoms with E-state index >= 15 is 4.79 Å². The lowest BCUT2D eigenvalue weighted by atomic mass is 9.96. The summed E-state index contributed by atoms with van der Waals surface area (Å²) in [5.41, 5.74) is 31.9. The highest BCUT2D eigenvalue weighted by Crippen LogP contribution is 2.21. The van der Waals surface area contributed by atoms with Gasteiger partial charge >= 0.3 is 0 Å². The number of aliphatic hydroxyl groups is 1. The van der Waals surface area contributed by atoms with Crippen LogP contribution in [0.1, 0.15) is 142 Å². The summed E-state index contributed by atoms with van der Waals surface area (Å²) in [4.78, 5) is 201. The summed E-state index contributed by atoms with van der Waals surface area (Å²) >= 11 is 0. The Morgan fingerprint density at radius 2 is 0.856 bits per heavy atom. The van der Waals surface area contributed by atoms with E-state index in [9.17, 15) is 67.4 Å². The molecule has 13 atom stereocenters. The Morgan fingerprint density at radius 1 is 0.432 bits per heavy atom. The number of primary amides is 2. The van der Waals surface area contributed by atoms with Crippen LogP contribution in [-0.2, 0) is 92.8 Å². The number of para-hydroxylation sites is 1. The molecule has 35 heteroatoms. The molecule has 0 saturated carbocycles. The molecule has 118 heavy (non-hydrogen) atoms. The predicted molar refractivity (Wildman–Crippen MR) is 445 cm³/mol. The molecule has 0 bridgehead atoms. The molecule has 0 fully saturated rings. The van der Waals surface area contributed by atoms with Crippen LogP contribution in [0.4, 0.5) is 0 Å². The van der Waals surface area contributed by atoms with E-state index in [2.05, 4.69) is 74.1 Å². The van der Waals surface area contributed by atoms with Gasteiger partial charge in [0.15, 0.2) is 5.96 Å². The van der Waals surface area contributed by atoms with Crippen LogP contribution in [0.2, 0.25) is 0 Å². The number of rotatable bonds is 52. The van der Waals surface area contributed by atoms with Crippen molar-refractivity contribution < 1.29 is 72.2 Å². The van der Waals surface area contributed by atoms with E-state index in [4.69, 9.17) is 34.1 Å². The van der Waals surface area contributed by atoms with Gasteiger partial charge in [-0.25, -0.2) is 0 Å². The van der Waals surface area contributed by atoms with Gasteiger partial charge in [0, 0.05) is 49.3 Å². The summed E-state index contributed by atoms with van der Waals surface area (Å²) in [5.74, 6) is -13.6. The number of aliphatic hydroxyl groups excluding tert-OH is 1. The number of guanidine groups is 1. The summed E-state index contributed by atoms with van der Waals surface area (Å²) in [6.07, 6.45) is 1.68. The Morgan fingerprint density at radius 3 is 1.36 bits per heavy atom. The van der Waals surface area contributed by atoms with Gasteiger partial charge in [0.1, 0.15) is 66.5 Å². The Hall–Kier alpha value is -11.8. The highest BCUT2D eigenvalue weighted by Gasteiger charge is 2.38. The fraction of sp³-hybridized carbons (Fsp3) is 0.506. The zero-order chi connectivity index (χ0) is 87.1. The Balaban J connectivity index is 1.39. The number of unbranched alkanes of at least 4 members (excludes halogenated alkanes) is 1. The van der Waals surface area contributed by atoms with Crippen LogP contribution < -0.4 is 97.8 Å². The van der Waals surface area contributed by atoms with E-state index in [1.807, 2.05) is 19.9 Å². The molecular formula is C83H122N20O15. The minimum absolute atomic E-state index is 0.00774. The molecule has 0 aliphatic carbocycles. The van der Waals surface area contributed by atoms with Crippen LogP contribution in [0.15, 0.2) is 121 Å². The second-order valence-corrected chi connectivity index (χ2v) is 30.8. The van der Waals surface area contributed by atoms with E-state index in [-0.39, 0.29) is 102 Å². The number of nitrogens with two attached hydrogens (primary N) is 5. The van der Waals surface area contributed by atoms with Gasteiger partial charge in [-0.1, -0.05) is 171 Å². The van der Waals surface area contributed by atoms with Crippen molar-refractivity contribution in [1.82, 2.24) is 74.1 Å². The first-order chi connectivity index (χ1) is 56.1. The van der Waals surface area contributed by atoms with Gasteiger partial charge in [-0.3, -0.25) is 72.5 Å². The van der Waals surface area contributed by atoms with Crippen LogP contribution in [0, 0.1) is 29.1 Å². The lowest BCUT2D eigenvalue weighted by Gasteiger charge is -2.28. The number of nitrogens with one attached hydrogen (secondary N) is 15. The summed E-state index contributed by atoms with van der Waals surface area (Å²) in [6.45, 7) is 12.6. The van der Waals surface area contributed by atoms with Gasteiger partial charge in [-0.15, -0.1) is 0 Å². The second kappa shape index (κ2) is 49.9. The highest BCUT2D eigenvalue weighted by molar-refractivity contribution is 6.00. The molecule has 5 rings (SSSR count). The summed E-state index contributed by atoms with van der Waals surface area (Å²) in [6, 6.07) is 16.4. The average Bonchev–Trinajstić information content (AvgIpc) is 1.63. The molecular weight excluding hydrogens is 1520 g/mol. The molecule has 0 saturated heterocycles. The first-order valence-electron chi connectivity index (χ1n) is 40.1. The summed E-state index contributed by atoms with van der Waals surface area (Å²) in [7, 11) is 0. The number of carbonyl (C=O) groups excluding carboxylic acids is 14. The van der Waals surface area contributed by atoms with Crippen LogP contribution in [0.3, 0.4) is 0 Å². The van der Waals surface area contributed by atoms with E-state index in [1.54, 1.807) is 157 Å². The number of H-pyrrole nitrogens is 1. The molecule has 0 spiro atoms. The Labute approximate surface area is 688 Å². The third-order valence-corrected chi connectivity index (χ3v) is 19.7. The number of fused-ring (bicyclic) bond motifs is 1. The standard InChI is InChI=1S/C83H122N20O15/c1-9-50(8)70(82(118)96-61(71(87)107)38-47(2)3)103-76(112)58(33-23-37-90-83(88)89)93-68(106)45-92-73(109)62(39-48(4)5)97-77(113)63(41-52-26-15-11-16-27-52)98-74(110)59(32-21-22-36-84)94-80(116)66(46-104)101-78(114)64(42-53-28-17-12-18-29-53)99-79(115)65(43-54-44-91-57-31-20-19-30-55(54)57)100-75(111)60(34-35-67(86)105)95-81(117)69(49(6)7)102-72(108)56(85)40-51-24-13-10-14-25-51/h10-20,24-31,44,47-50,56,58-66,69-70,91,104H,9,21-23,32-43,45-46,84-85H2,1-8H3,(H2,86,105)(H2,87,107)(H,92,109)(H,93,106)(H,94,116)(H,95,117)(H,96,118)(H,97,113)(H,98,110)(H,99,115)(H,100,111)(H,101,114)(H,102,108)(H,103,112)(H4,88,89,90)/t50-,56-,58-,59-,60-,61-,62-,63-,64-,65-,66-,69-,70-/m1/s1. The molecule has 26 N–H and O–H groups in total. The molecule has 35 nitrogen and oxygen atoms in total. The van der Waals surface area contributed by atoms with Gasteiger partial charge in [0.2, 0.25) is 82.7 Å². The molecule has 644 valence electrons. The quantitative estimate of drug-likeness (QED) is 0.0128. The van der Waals surface area contributed by atoms with Crippen molar-refractivity contribution in [2.45, 2.75) is 218 Å². The van der Waals surface area contributed by atoms with Crippen molar-refractivity contribution in [1.29, 1.82) is 5.41 Å². The van der Waals surface area contributed by atoms with Gasteiger partial charge < -0.3 is 108 Å². The van der Waals surface area contributed by atoms with Gasteiger partial charge in [0.25, 0.3) is 0 Å². The first-order valence-corrected chi connectivity index (χ1v) is 40.1. The minimum atomic E-state index is -1.82. The van der Waals surface area contributed by atoms with Crippen molar-refractivity contribution in [3.63, 3.8) is 0 Å². The second-order valence-electron chi connectivity index (χ2n) is 30.8. The molecule has 0 unspecified atom stereocenters. The van der Waals surface area contributed by atoms with Crippen molar-refractivity contribution in [2.75, 3.05) is 26.2 Å². The Kier molecular flexibility index (Phi) is 40.9. The maximum Gasteiger partial charge on any atom is 0.245 e. The van der Waals surface area contributed by atoms with Crippen LogP contribution in [0.25, 0.3) is 10.9 Å². The lowest BCUT2D eigenvalue weighted by molar-refractivity contribution is -0.136. The molecule has 1 aromatic heterocycles. The number of carbonyl (C=O) groups is 14. The van der Waals surface area contributed by atoms with Crippen molar-refractivity contribution in [2.24, 2.45) is 52.3 Å². The molecule has 0 aliphatic rings. The average molecular weight is 1640 g/mol. The lowest BCUT2D eigenvalue weighted by Crippen LogP contribution is -2.61. The van der Waals surface area contributed by atoms with Crippen LogP contribution in [-0.4, -0.2) is 197 Å². The van der Waals surface area contributed by atoms with Crippen LogP contribution in [0.5, 0.6) is 0 Å². The molecule has 14 amide bonds. The van der Waals surface area contributed by atoms with E-state index in [1.165, 1.54) is 0 Å².